The molecule has 1 aliphatic carbocycles. The first-order chi connectivity index (χ1) is 8.56. The van der Waals surface area contributed by atoms with Gasteiger partial charge in [0.15, 0.2) is 0 Å². The summed E-state index contributed by atoms with van der Waals surface area (Å²) in [6.45, 7) is 8.73. The van der Waals surface area contributed by atoms with E-state index in [-0.39, 0.29) is 0 Å². The van der Waals surface area contributed by atoms with Crippen LogP contribution in [0.3, 0.4) is 0 Å². The molecule has 2 rings (SSSR count). The number of aryl methyl sites for hydroxylation is 1. The second-order valence-corrected chi connectivity index (χ2v) is 5.99. The first-order valence-corrected chi connectivity index (χ1v) is 7.10. The largest absolute Gasteiger partial charge is 0.374 e. The lowest BCUT2D eigenvalue weighted by molar-refractivity contribution is 0.588. The minimum atomic E-state index is 0.534. The summed E-state index contributed by atoms with van der Waals surface area (Å²) in [4.78, 5) is 2.43. The van der Waals surface area contributed by atoms with Gasteiger partial charge in [0, 0.05) is 31.9 Å². The average molecular weight is 246 g/mol. The average Bonchev–Trinajstić information content (AvgIpc) is 3.10. The van der Waals surface area contributed by atoms with Gasteiger partial charge in [0.05, 0.1) is 0 Å². The fourth-order valence-electron chi connectivity index (χ4n) is 2.33. The summed E-state index contributed by atoms with van der Waals surface area (Å²) in [5.41, 5.74) is 4.16. The number of hydrogen-bond donors (Lipinski definition) is 1. The Morgan fingerprint density at radius 1 is 1.33 bits per heavy atom. The molecule has 1 aromatic rings. The van der Waals surface area contributed by atoms with Crippen LogP contribution in [-0.4, -0.2) is 19.6 Å². The topological polar surface area (TPSA) is 15.3 Å². The van der Waals surface area contributed by atoms with Crippen molar-refractivity contribution < 1.29 is 0 Å². The Kier molecular flexibility index (Phi) is 4.28. The lowest BCUT2D eigenvalue weighted by Gasteiger charge is -2.23. The van der Waals surface area contributed by atoms with E-state index in [1.807, 2.05) is 0 Å². The number of hydrogen-bond acceptors (Lipinski definition) is 2. The van der Waals surface area contributed by atoms with Crippen LogP contribution in [0, 0.1) is 12.8 Å². The van der Waals surface area contributed by atoms with Crippen LogP contribution in [0.1, 0.15) is 37.8 Å². The molecule has 0 bridgehead atoms. The molecule has 0 aromatic heterocycles. The maximum atomic E-state index is 3.53. The molecular weight excluding hydrogens is 220 g/mol. The zero-order valence-electron chi connectivity index (χ0n) is 12.2. The zero-order chi connectivity index (χ0) is 13.1. The van der Waals surface area contributed by atoms with Gasteiger partial charge in [-0.15, -0.1) is 0 Å². The number of rotatable bonds is 6. The van der Waals surface area contributed by atoms with Crippen molar-refractivity contribution in [3.63, 3.8) is 0 Å². The molecule has 0 unspecified atom stereocenters. The molecule has 0 heterocycles. The highest BCUT2D eigenvalue weighted by molar-refractivity contribution is 5.54. The van der Waals surface area contributed by atoms with Crippen molar-refractivity contribution in [2.24, 2.45) is 5.92 Å². The van der Waals surface area contributed by atoms with Gasteiger partial charge < -0.3 is 10.2 Å². The van der Waals surface area contributed by atoms with E-state index >= 15 is 0 Å². The highest BCUT2D eigenvalue weighted by atomic mass is 15.1. The van der Waals surface area contributed by atoms with Crippen LogP contribution < -0.4 is 10.2 Å². The van der Waals surface area contributed by atoms with Crippen LogP contribution in [0.15, 0.2) is 18.2 Å². The summed E-state index contributed by atoms with van der Waals surface area (Å²) >= 11 is 0. The quantitative estimate of drug-likeness (QED) is 0.828. The number of nitrogens with one attached hydrogen (secondary N) is 1. The molecule has 100 valence electrons. The molecule has 1 aromatic carbocycles. The Labute approximate surface area is 111 Å². The SMILES string of the molecule is Cc1ccc(N(C)CC2CC2)c(CNC(C)C)c1. The molecule has 0 radical (unpaired) electrons. The first kappa shape index (κ1) is 13.4. The van der Waals surface area contributed by atoms with Gasteiger partial charge in [0.2, 0.25) is 0 Å². The van der Waals surface area contributed by atoms with E-state index in [0.29, 0.717) is 6.04 Å². The molecule has 0 aliphatic heterocycles. The van der Waals surface area contributed by atoms with E-state index in [1.54, 1.807) is 0 Å². The minimum Gasteiger partial charge on any atom is -0.374 e. The van der Waals surface area contributed by atoms with Crippen LogP contribution in [-0.2, 0) is 6.54 Å². The van der Waals surface area contributed by atoms with Gasteiger partial charge in [-0.3, -0.25) is 0 Å². The van der Waals surface area contributed by atoms with Crippen molar-refractivity contribution in [1.82, 2.24) is 5.32 Å². The highest BCUT2D eigenvalue weighted by Gasteiger charge is 2.23. The van der Waals surface area contributed by atoms with E-state index in [4.69, 9.17) is 0 Å². The number of nitrogens with zero attached hydrogens (tertiary/aromatic N) is 1. The number of anilines is 1. The lowest BCUT2D eigenvalue weighted by atomic mass is 10.1. The third-order valence-electron chi connectivity index (χ3n) is 3.58. The smallest absolute Gasteiger partial charge is 0.0409 e. The number of benzene rings is 1. The molecule has 1 saturated carbocycles. The predicted molar refractivity (Wildman–Crippen MR) is 79.1 cm³/mol. The molecule has 1 aliphatic rings. The molecular formula is C16H26N2. The Morgan fingerprint density at radius 2 is 2.06 bits per heavy atom. The Balaban J connectivity index is 2.10. The normalized spacial score (nSPS) is 15.2. The van der Waals surface area contributed by atoms with Gasteiger partial charge in [-0.2, -0.15) is 0 Å². The summed E-state index contributed by atoms with van der Waals surface area (Å²) in [6, 6.07) is 7.34. The van der Waals surface area contributed by atoms with Gasteiger partial charge in [-0.25, -0.2) is 0 Å². The molecule has 2 heteroatoms. The second kappa shape index (κ2) is 5.75. The van der Waals surface area contributed by atoms with Gasteiger partial charge in [-0.1, -0.05) is 31.5 Å². The third-order valence-corrected chi connectivity index (χ3v) is 3.58. The highest BCUT2D eigenvalue weighted by Crippen LogP contribution is 2.32. The lowest BCUT2D eigenvalue weighted by Crippen LogP contribution is -2.26. The zero-order valence-corrected chi connectivity index (χ0v) is 12.2. The van der Waals surface area contributed by atoms with E-state index in [2.05, 4.69) is 56.2 Å². The molecule has 0 amide bonds. The van der Waals surface area contributed by atoms with Crippen LogP contribution in [0.25, 0.3) is 0 Å². The van der Waals surface area contributed by atoms with Crippen molar-refractivity contribution in [1.29, 1.82) is 0 Å². The van der Waals surface area contributed by atoms with Crippen molar-refractivity contribution in [3.05, 3.63) is 29.3 Å². The standard InChI is InChI=1S/C16H26N2/c1-12(2)17-10-15-9-13(3)5-8-16(15)18(4)11-14-6-7-14/h5,8-9,12,14,17H,6-7,10-11H2,1-4H3. The summed E-state index contributed by atoms with van der Waals surface area (Å²) in [5.74, 6) is 0.933. The maximum Gasteiger partial charge on any atom is 0.0409 e. The Hall–Kier alpha value is -1.02. The molecule has 0 atom stereocenters. The third kappa shape index (κ3) is 3.74. The van der Waals surface area contributed by atoms with Gasteiger partial charge >= 0.3 is 0 Å². The molecule has 1 N–H and O–H groups in total. The maximum absolute atomic E-state index is 3.53. The monoisotopic (exact) mass is 246 g/mol. The van der Waals surface area contributed by atoms with Crippen LogP contribution in [0.5, 0.6) is 0 Å². The fourth-order valence-corrected chi connectivity index (χ4v) is 2.33. The molecule has 0 saturated heterocycles. The Morgan fingerprint density at radius 3 is 2.67 bits per heavy atom. The molecule has 2 nitrogen and oxygen atoms in total. The van der Waals surface area contributed by atoms with E-state index < -0.39 is 0 Å². The van der Waals surface area contributed by atoms with Gasteiger partial charge in [-0.05, 0) is 37.3 Å². The molecule has 0 spiro atoms. The summed E-state index contributed by atoms with van der Waals surface area (Å²) in [5, 5.41) is 3.53. The van der Waals surface area contributed by atoms with Crippen LogP contribution >= 0.6 is 0 Å². The predicted octanol–water partition coefficient (Wildman–Crippen LogP) is 3.34. The Bertz CT molecular complexity index is 394. The summed E-state index contributed by atoms with van der Waals surface area (Å²) < 4.78 is 0. The fraction of sp³-hybridized carbons (Fsp3) is 0.625. The molecule has 1 fully saturated rings. The van der Waals surface area contributed by atoms with Gasteiger partial charge in [0.25, 0.3) is 0 Å². The van der Waals surface area contributed by atoms with Crippen LogP contribution in [0.4, 0.5) is 5.69 Å². The van der Waals surface area contributed by atoms with Crippen molar-refractivity contribution in [2.45, 2.75) is 46.2 Å². The van der Waals surface area contributed by atoms with Crippen molar-refractivity contribution in [3.8, 4) is 0 Å². The van der Waals surface area contributed by atoms with Crippen LogP contribution in [0.2, 0.25) is 0 Å². The summed E-state index contributed by atoms with van der Waals surface area (Å²) in [7, 11) is 2.22. The van der Waals surface area contributed by atoms with Crippen molar-refractivity contribution >= 4 is 5.69 Å². The minimum absolute atomic E-state index is 0.534. The van der Waals surface area contributed by atoms with Crippen molar-refractivity contribution in [2.75, 3.05) is 18.5 Å². The first-order valence-electron chi connectivity index (χ1n) is 7.10. The summed E-state index contributed by atoms with van der Waals surface area (Å²) in [6.07, 6.45) is 2.82. The van der Waals surface area contributed by atoms with E-state index in [0.717, 1.165) is 12.5 Å². The van der Waals surface area contributed by atoms with Gasteiger partial charge in [0.1, 0.15) is 0 Å². The second-order valence-electron chi connectivity index (χ2n) is 5.99. The van der Waals surface area contributed by atoms with E-state index in [1.165, 1.54) is 36.2 Å². The van der Waals surface area contributed by atoms with E-state index in [9.17, 15) is 0 Å². The molecule has 18 heavy (non-hydrogen) atoms.